The van der Waals surface area contributed by atoms with Gasteiger partial charge >= 0.3 is 0 Å². The molecule has 0 aliphatic rings. The molecule has 0 bridgehead atoms. The number of anilines is 1. The second-order valence-corrected chi connectivity index (χ2v) is 12.0. The van der Waals surface area contributed by atoms with Gasteiger partial charge in [0.25, 0.3) is 10.0 Å². The molecule has 8 heteroatoms. The van der Waals surface area contributed by atoms with Gasteiger partial charge in [-0.2, -0.15) is 0 Å². The van der Waals surface area contributed by atoms with Crippen LogP contribution in [-0.2, 0) is 32.6 Å². The molecule has 0 aliphatic carbocycles. The number of benzene rings is 3. The van der Waals surface area contributed by atoms with Crippen LogP contribution in [0.25, 0.3) is 0 Å². The van der Waals surface area contributed by atoms with Crippen molar-refractivity contribution in [3.8, 4) is 0 Å². The van der Waals surface area contributed by atoms with E-state index in [1.807, 2.05) is 64.1 Å². The van der Waals surface area contributed by atoms with Gasteiger partial charge < -0.3 is 10.2 Å². The minimum atomic E-state index is -4.07. The van der Waals surface area contributed by atoms with E-state index in [1.165, 1.54) is 17.0 Å². The van der Waals surface area contributed by atoms with Crippen LogP contribution >= 0.6 is 0 Å². The molecule has 0 heterocycles. The third-order valence-electron chi connectivity index (χ3n) is 6.70. The Morgan fingerprint density at radius 3 is 2.08 bits per heavy atom. The molecule has 39 heavy (non-hydrogen) atoms. The number of rotatable bonds is 12. The van der Waals surface area contributed by atoms with Crippen LogP contribution in [0.5, 0.6) is 0 Å². The van der Waals surface area contributed by atoms with Crippen molar-refractivity contribution >= 4 is 27.5 Å². The van der Waals surface area contributed by atoms with Gasteiger partial charge in [0.15, 0.2) is 0 Å². The van der Waals surface area contributed by atoms with Gasteiger partial charge in [-0.05, 0) is 67.1 Å². The lowest BCUT2D eigenvalue weighted by atomic mass is 10.1. The molecular weight excluding hydrogens is 510 g/mol. The fourth-order valence-corrected chi connectivity index (χ4v) is 5.59. The van der Waals surface area contributed by atoms with Crippen molar-refractivity contribution < 1.29 is 18.0 Å². The average molecular weight is 550 g/mol. The molecule has 0 aromatic heterocycles. The average Bonchev–Trinajstić information content (AvgIpc) is 2.94. The van der Waals surface area contributed by atoms with Crippen LogP contribution in [0.4, 0.5) is 5.69 Å². The Morgan fingerprint density at radius 2 is 1.49 bits per heavy atom. The number of sulfonamides is 1. The quantitative estimate of drug-likeness (QED) is 0.347. The van der Waals surface area contributed by atoms with Crippen molar-refractivity contribution in [2.75, 3.05) is 17.4 Å². The Kier molecular flexibility index (Phi) is 10.3. The highest BCUT2D eigenvalue weighted by atomic mass is 32.2. The smallest absolute Gasteiger partial charge is 0.264 e. The predicted molar refractivity (Wildman–Crippen MR) is 156 cm³/mol. The molecule has 2 amide bonds. The molecule has 1 unspecified atom stereocenters. The van der Waals surface area contributed by atoms with E-state index in [0.29, 0.717) is 12.2 Å². The van der Waals surface area contributed by atoms with Crippen molar-refractivity contribution in [2.24, 2.45) is 5.92 Å². The summed E-state index contributed by atoms with van der Waals surface area (Å²) in [6, 6.07) is 22.1. The van der Waals surface area contributed by atoms with Crippen molar-refractivity contribution in [2.45, 2.75) is 58.5 Å². The van der Waals surface area contributed by atoms with Crippen molar-refractivity contribution in [1.29, 1.82) is 0 Å². The first-order valence-electron chi connectivity index (χ1n) is 13.3. The fourth-order valence-electron chi connectivity index (χ4n) is 4.15. The van der Waals surface area contributed by atoms with Gasteiger partial charge in [-0.1, -0.05) is 75.4 Å². The predicted octanol–water partition coefficient (Wildman–Crippen LogP) is 4.94. The zero-order chi connectivity index (χ0) is 28.6. The van der Waals surface area contributed by atoms with Gasteiger partial charge in [-0.3, -0.25) is 13.9 Å². The van der Waals surface area contributed by atoms with Crippen LogP contribution in [0, 0.1) is 12.8 Å². The Labute approximate surface area is 232 Å². The normalized spacial score (nSPS) is 12.2. The summed E-state index contributed by atoms with van der Waals surface area (Å²) in [5, 5.41) is 2.91. The van der Waals surface area contributed by atoms with Gasteiger partial charge in [0, 0.05) is 13.1 Å². The maximum Gasteiger partial charge on any atom is 0.264 e. The molecule has 3 aromatic carbocycles. The minimum Gasteiger partial charge on any atom is -0.354 e. The van der Waals surface area contributed by atoms with Crippen molar-refractivity contribution in [3.63, 3.8) is 0 Å². The highest BCUT2D eigenvalue weighted by Gasteiger charge is 2.32. The second-order valence-electron chi connectivity index (χ2n) is 10.1. The topological polar surface area (TPSA) is 86.8 Å². The molecule has 1 atom stereocenters. The SMILES string of the molecule is CCc1ccc(N(CC(=O)N(Cc2ccccc2C)C(C)C(=O)NCC(C)C)S(=O)(=O)c2ccccc2)cc1. The Morgan fingerprint density at radius 1 is 0.872 bits per heavy atom. The summed E-state index contributed by atoms with van der Waals surface area (Å²) < 4.78 is 28.8. The molecule has 0 fully saturated rings. The maximum absolute atomic E-state index is 14.0. The molecule has 0 saturated carbocycles. The van der Waals surface area contributed by atoms with Crippen LogP contribution in [0.3, 0.4) is 0 Å². The number of hydrogen-bond donors (Lipinski definition) is 1. The molecule has 208 valence electrons. The van der Waals surface area contributed by atoms with E-state index in [1.54, 1.807) is 37.3 Å². The molecule has 3 rings (SSSR count). The summed E-state index contributed by atoms with van der Waals surface area (Å²) in [5.41, 5.74) is 3.31. The molecule has 7 nitrogen and oxygen atoms in total. The van der Waals surface area contributed by atoms with Crippen molar-refractivity contribution in [1.82, 2.24) is 10.2 Å². The van der Waals surface area contributed by atoms with Gasteiger partial charge in [-0.15, -0.1) is 0 Å². The summed E-state index contributed by atoms with van der Waals surface area (Å²) in [6.07, 6.45) is 0.803. The standard InChI is InChI=1S/C31H39N3O4S/c1-6-26-16-18-28(19-17-26)34(39(37,38)29-14-8-7-9-15-29)22-30(35)33(21-27-13-11-10-12-24(27)4)25(5)31(36)32-20-23(2)3/h7-19,23,25H,6,20-22H2,1-5H3,(H,32,36). The van der Waals surface area contributed by atoms with Crippen LogP contribution in [0.15, 0.2) is 83.8 Å². The zero-order valence-electron chi connectivity index (χ0n) is 23.4. The lowest BCUT2D eigenvalue weighted by Gasteiger charge is -2.32. The highest BCUT2D eigenvalue weighted by Crippen LogP contribution is 2.25. The molecule has 0 aliphatic heterocycles. The number of carbonyl (C=O) groups excluding carboxylic acids is 2. The van der Waals surface area contributed by atoms with E-state index < -0.39 is 28.5 Å². The summed E-state index contributed by atoms with van der Waals surface area (Å²) >= 11 is 0. The molecule has 1 N–H and O–H groups in total. The largest absolute Gasteiger partial charge is 0.354 e. The Balaban J connectivity index is 2.01. The molecular formula is C31H39N3O4S. The summed E-state index contributed by atoms with van der Waals surface area (Å²) in [7, 11) is -4.07. The van der Waals surface area contributed by atoms with Crippen LogP contribution in [0.2, 0.25) is 0 Å². The minimum absolute atomic E-state index is 0.0885. The highest BCUT2D eigenvalue weighted by molar-refractivity contribution is 7.92. The van der Waals surface area contributed by atoms with Crippen molar-refractivity contribution in [3.05, 3.63) is 95.6 Å². The van der Waals surface area contributed by atoms with E-state index in [0.717, 1.165) is 27.4 Å². The number of nitrogens with zero attached hydrogens (tertiary/aromatic N) is 2. The number of carbonyl (C=O) groups is 2. The molecule has 0 saturated heterocycles. The first kappa shape index (κ1) is 29.9. The maximum atomic E-state index is 14.0. The number of amides is 2. The van der Waals surface area contributed by atoms with Gasteiger partial charge in [0.05, 0.1) is 10.6 Å². The molecule has 0 spiro atoms. The van der Waals surface area contributed by atoms with Crippen LogP contribution < -0.4 is 9.62 Å². The summed E-state index contributed by atoms with van der Waals surface area (Å²) in [5.74, 6) is -0.501. The van der Waals surface area contributed by atoms with E-state index in [9.17, 15) is 18.0 Å². The molecule has 3 aromatic rings. The molecule has 0 radical (unpaired) electrons. The number of hydrogen-bond acceptors (Lipinski definition) is 4. The third kappa shape index (κ3) is 7.69. The first-order chi connectivity index (χ1) is 18.5. The number of nitrogens with one attached hydrogen (secondary N) is 1. The monoisotopic (exact) mass is 549 g/mol. The van der Waals surface area contributed by atoms with Gasteiger partial charge in [-0.25, -0.2) is 8.42 Å². The van der Waals surface area contributed by atoms with E-state index in [-0.39, 0.29) is 23.3 Å². The van der Waals surface area contributed by atoms with E-state index in [4.69, 9.17) is 0 Å². The fraction of sp³-hybridized carbons (Fsp3) is 0.355. The van der Waals surface area contributed by atoms with Gasteiger partial charge in [0.2, 0.25) is 11.8 Å². The Bertz CT molecular complexity index is 1360. The van der Waals surface area contributed by atoms with Crippen LogP contribution in [0.1, 0.15) is 44.4 Å². The van der Waals surface area contributed by atoms with Crippen LogP contribution in [-0.4, -0.2) is 44.3 Å². The van der Waals surface area contributed by atoms with E-state index >= 15 is 0 Å². The van der Waals surface area contributed by atoms with Gasteiger partial charge in [0.1, 0.15) is 12.6 Å². The Hall–Kier alpha value is -3.65. The summed E-state index contributed by atoms with van der Waals surface area (Å²) in [6.45, 7) is 9.85. The number of aryl methyl sites for hydroxylation is 2. The van der Waals surface area contributed by atoms with E-state index in [2.05, 4.69) is 5.32 Å². The lowest BCUT2D eigenvalue weighted by Crippen LogP contribution is -2.51. The second kappa shape index (κ2) is 13.4. The zero-order valence-corrected chi connectivity index (χ0v) is 24.2. The first-order valence-corrected chi connectivity index (χ1v) is 14.8. The third-order valence-corrected chi connectivity index (χ3v) is 8.48. The lowest BCUT2D eigenvalue weighted by molar-refractivity contribution is -0.139. The summed E-state index contributed by atoms with van der Waals surface area (Å²) in [4.78, 5) is 28.6.